The molecule has 0 saturated carbocycles. The number of nitrogens with zero attached hydrogens (tertiary/aromatic N) is 2. The molecule has 1 aromatic heterocycles. The first-order chi connectivity index (χ1) is 11.1. The van der Waals surface area contributed by atoms with Gasteiger partial charge in [0.15, 0.2) is 0 Å². The molecule has 2 aromatic carbocycles. The Bertz CT molecular complexity index is 803. The molecule has 2 nitrogen and oxygen atoms in total. The van der Waals surface area contributed by atoms with E-state index in [4.69, 9.17) is 11.6 Å². The summed E-state index contributed by atoms with van der Waals surface area (Å²) < 4.78 is 2.41. The molecule has 0 N–H and O–H groups in total. The van der Waals surface area contributed by atoms with Crippen LogP contribution in [0.2, 0.25) is 5.02 Å². The lowest BCUT2D eigenvalue weighted by atomic mass is 10.0. The van der Waals surface area contributed by atoms with E-state index in [-0.39, 0.29) is 0 Å². The number of halogens is 1. The Labute approximate surface area is 143 Å². The topological polar surface area (TPSA) is 8.17 Å². The van der Waals surface area contributed by atoms with Crippen molar-refractivity contribution in [1.29, 1.82) is 0 Å². The van der Waals surface area contributed by atoms with Gasteiger partial charge in [0, 0.05) is 28.2 Å². The summed E-state index contributed by atoms with van der Waals surface area (Å²) in [5.41, 5.74) is 5.13. The molecule has 0 aliphatic heterocycles. The highest BCUT2D eigenvalue weighted by Gasteiger charge is 2.15. The lowest BCUT2D eigenvalue weighted by Crippen LogP contribution is -2.15. The molecule has 0 unspecified atom stereocenters. The van der Waals surface area contributed by atoms with Crippen LogP contribution in [0.15, 0.2) is 48.5 Å². The van der Waals surface area contributed by atoms with Crippen LogP contribution in [0.25, 0.3) is 22.0 Å². The average molecular weight is 327 g/mol. The van der Waals surface area contributed by atoms with E-state index in [1.54, 1.807) is 0 Å². The van der Waals surface area contributed by atoms with Crippen molar-refractivity contribution >= 4 is 22.5 Å². The van der Waals surface area contributed by atoms with E-state index in [9.17, 15) is 0 Å². The van der Waals surface area contributed by atoms with Crippen LogP contribution >= 0.6 is 11.6 Å². The number of hydrogen-bond donors (Lipinski definition) is 0. The lowest BCUT2D eigenvalue weighted by molar-refractivity contribution is 0.387. The third-order valence-electron chi connectivity index (χ3n) is 4.34. The number of benzene rings is 2. The molecule has 0 atom stereocenters. The molecule has 3 aromatic rings. The van der Waals surface area contributed by atoms with Gasteiger partial charge in [-0.05, 0) is 51.7 Å². The predicted molar refractivity (Wildman–Crippen MR) is 100 cm³/mol. The van der Waals surface area contributed by atoms with Gasteiger partial charge in [0.1, 0.15) is 0 Å². The Morgan fingerprint density at radius 3 is 2.48 bits per heavy atom. The first kappa shape index (κ1) is 16.1. The van der Waals surface area contributed by atoms with Gasteiger partial charge in [-0.15, -0.1) is 0 Å². The molecule has 3 heteroatoms. The second-order valence-corrected chi connectivity index (χ2v) is 6.73. The summed E-state index contributed by atoms with van der Waals surface area (Å²) in [5, 5.41) is 2.08. The van der Waals surface area contributed by atoms with Crippen LogP contribution in [0.3, 0.4) is 0 Å². The fourth-order valence-electron chi connectivity index (χ4n) is 3.25. The zero-order valence-electron chi connectivity index (χ0n) is 14.0. The van der Waals surface area contributed by atoms with Gasteiger partial charge in [-0.3, -0.25) is 0 Å². The summed E-state index contributed by atoms with van der Waals surface area (Å²) in [5.74, 6) is 0. The SMILES string of the molecule is Cc1c(-c2ccccc2)c2ccc(Cl)cc2n1CCCN(C)C. The molecular weight excluding hydrogens is 304 g/mol. The highest BCUT2D eigenvalue weighted by Crippen LogP contribution is 2.35. The van der Waals surface area contributed by atoms with Crippen molar-refractivity contribution < 1.29 is 0 Å². The molecule has 0 spiro atoms. The van der Waals surface area contributed by atoms with Gasteiger partial charge in [0.05, 0.1) is 5.52 Å². The van der Waals surface area contributed by atoms with Crippen LogP contribution in [0.4, 0.5) is 0 Å². The second kappa shape index (κ2) is 6.77. The molecule has 0 fully saturated rings. The molecule has 1 heterocycles. The molecule has 0 aliphatic carbocycles. The predicted octanol–water partition coefficient (Wildman–Crippen LogP) is 5.22. The molecule has 120 valence electrons. The molecule has 3 rings (SSSR count). The van der Waals surface area contributed by atoms with E-state index in [0.717, 1.165) is 24.5 Å². The number of hydrogen-bond acceptors (Lipinski definition) is 1. The largest absolute Gasteiger partial charge is 0.344 e. The third kappa shape index (κ3) is 3.29. The normalized spacial score (nSPS) is 11.5. The van der Waals surface area contributed by atoms with Gasteiger partial charge in [0.2, 0.25) is 0 Å². The summed E-state index contributed by atoms with van der Waals surface area (Å²) >= 11 is 6.26. The van der Waals surface area contributed by atoms with E-state index < -0.39 is 0 Å². The minimum absolute atomic E-state index is 0.795. The smallest absolute Gasteiger partial charge is 0.0503 e. The number of rotatable bonds is 5. The Morgan fingerprint density at radius 1 is 1.04 bits per heavy atom. The summed E-state index contributed by atoms with van der Waals surface area (Å²) in [7, 11) is 4.24. The van der Waals surface area contributed by atoms with Gasteiger partial charge in [-0.1, -0.05) is 48.0 Å². The van der Waals surface area contributed by atoms with Crippen molar-refractivity contribution in [3.63, 3.8) is 0 Å². The highest BCUT2D eigenvalue weighted by molar-refractivity contribution is 6.31. The monoisotopic (exact) mass is 326 g/mol. The maximum atomic E-state index is 6.26. The fourth-order valence-corrected chi connectivity index (χ4v) is 3.42. The van der Waals surface area contributed by atoms with Gasteiger partial charge in [-0.25, -0.2) is 0 Å². The second-order valence-electron chi connectivity index (χ2n) is 6.30. The summed E-state index contributed by atoms with van der Waals surface area (Å²) in [6.07, 6.45) is 1.12. The number of aromatic nitrogens is 1. The van der Waals surface area contributed by atoms with Crippen molar-refractivity contribution in [2.75, 3.05) is 20.6 Å². The van der Waals surface area contributed by atoms with Crippen LogP contribution in [-0.2, 0) is 6.54 Å². The van der Waals surface area contributed by atoms with Crippen molar-refractivity contribution in [3.05, 3.63) is 59.2 Å². The molecule has 0 bridgehead atoms. The zero-order valence-corrected chi connectivity index (χ0v) is 14.8. The molecule has 0 radical (unpaired) electrons. The van der Waals surface area contributed by atoms with Gasteiger partial charge >= 0.3 is 0 Å². The highest BCUT2D eigenvalue weighted by atomic mass is 35.5. The first-order valence-corrected chi connectivity index (χ1v) is 8.44. The first-order valence-electron chi connectivity index (χ1n) is 8.06. The van der Waals surface area contributed by atoms with Gasteiger partial charge in [-0.2, -0.15) is 0 Å². The van der Waals surface area contributed by atoms with Crippen molar-refractivity contribution in [2.45, 2.75) is 19.9 Å². The quantitative estimate of drug-likeness (QED) is 0.624. The summed E-state index contributed by atoms with van der Waals surface area (Å²) in [6, 6.07) is 16.8. The van der Waals surface area contributed by atoms with Crippen molar-refractivity contribution in [3.8, 4) is 11.1 Å². The Kier molecular flexibility index (Phi) is 4.74. The Hall–Kier alpha value is -1.77. The van der Waals surface area contributed by atoms with E-state index in [0.29, 0.717) is 0 Å². The maximum Gasteiger partial charge on any atom is 0.0503 e. The van der Waals surface area contributed by atoms with Gasteiger partial charge < -0.3 is 9.47 Å². The Balaban J connectivity index is 2.12. The van der Waals surface area contributed by atoms with Gasteiger partial charge in [0.25, 0.3) is 0 Å². The minimum atomic E-state index is 0.795. The molecule has 23 heavy (non-hydrogen) atoms. The average Bonchev–Trinajstić information content (AvgIpc) is 2.80. The number of fused-ring (bicyclic) bond motifs is 1. The summed E-state index contributed by atoms with van der Waals surface area (Å²) in [6.45, 7) is 4.31. The lowest BCUT2D eigenvalue weighted by Gasteiger charge is -2.12. The maximum absolute atomic E-state index is 6.26. The van der Waals surface area contributed by atoms with E-state index >= 15 is 0 Å². The zero-order chi connectivity index (χ0) is 16.4. The van der Waals surface area contributed by atoms with E-state index in [1.807, 2.05) is 6.07 Å². The Morgan fingerprint density at radius 2 is 1.78 bits per heavy atom. The van der Waals surface area contributed by atoms with Crippen molar-refractivity contribution in [1.82, 2.24) is 9.47 Å². The van der Waals surface area contributed by atoms with Crippen LogP contribution in [0, 0.1) is 6.92 Å². The standard InChI is InChI=1S/C20H23ClN2/c1-15-20(16-8-5-4-6-9-16)18-11-10-17(21)14-19(18)23(15)13-7-12-22(2)3/h4-6,8-11,14H,7,12-13H2,1-3H3. The summed E-state index contributed by atoms with van der Waals surface area (Å²) in [4.78, 5) is 2.23. The third-order valence-corrected chi connectivity index (χ3v) is 4.57. The minimum Gasteiger partial charge on any atom is -0.344 e. The molecule has 0 aliphatic rings. The van der Waals surface area contributed by atoms with Crippen LogP contribution in [0.1, 0.15) is 12.1 Å². The van der Waals surface area contributed by atoms with Crippen molar-refractivity contribution in [2.24, 2.45) is 0 Å². The molecular formula is C20H23ClN2. The molecule has 0 amide bonds. The van der Waals surface area contributed by atoms with E-state index in [2.05, 4.69) is 73.0 Å². The number of aryl methyl sites for hydroxylation is 1. The fraction of sp³-hybridized carbons (Fsp3) is 0.300. The molecule has 0 saturated heterocycles. The van der Waals surface area contributed by atoms with E-state index in [1.165, 1.54) is 27.7 Å². The van der Waals surface area contributed by atoms with Crippen LogP contribution < -0.4 is 0 Å². The van der Waals surface area contributed by atoms with Crippen LogP contribution in [0.5, 0.6) is 0 Å². The van der Waals surface area contributed by atoms with Crippen LogP contribution in [-0.4, -0.2) is 30.1 Å².